The lowest BCUT2D eigenvalue weighted by Gasteiger charge is -2.14. The zero-order valence-electron chi connectivity index (χ0n) is 16.9. The minimum absolute atomic E-state index is 0.0370. The summed E-state index contributed by atoms with van der Waals surface area (Å²) in [5.74, 6) is 0.752. The molecule has 0 spiro atoms. The van der Waals surface area contributed by atoms with Gasteiger partial charge in [-0.2, -0.15) is 0 Å². The Morgan fingerprint density at radius 3 is 2.61 bits per heavy atom. The molecule has 7 heteroatoms. The van der Waals surface area contributed by atoms with Crippen LogP contribution in [0.4, 0.5) is 4.39 Å². The first-order valence-corrected chi connectivity index (χ1v) is 10.9. The number of para-hydroxylation sites is 1. The van der Waals surface area contributed by atoms with E-state index in [-0.39, 0.29) is 17.2 Å². The molecule has 0 fully saturated rings. The van der Waals surface area contributed by atoms with Crippen LogP contribution in [0.25, 0.3) is 16.7 Å². The number of hydrogen-bond acceptors (Lipinski definition) is 5. The van der Waals surface area contributed by atoms with Crippen molar-refractivity contribution in [2.24, 2.45) is 0 Å². The van der Waals surface area contributed by atoms with Crippen molar-refractivity contribution >= 4 is 28.4 Å². The molecule has 4 rings (SSSR count). The molecule has 0 amide bonds. The number of ketones is 1. The highest BCUT2D eigenvalue weighted by atomic mass is 32.2. The predicted molar refractivity (Wildman–Crippen MR) is 121 cm³/mol. The summed E-state index contributed by atoms with van der Waals surface area (Å²) in [5, 5.41) is 1.07. The normalized spacial score (nSPS) is 11.0. The van der Waals surface area contributed by atoms with E-state index >= 15 is 0 Å². The number of nitrogens with zero attached hydrogens (tertiary/aromatic N) is 3. The molecule has 0 saturated heterocycles. The summed E-state index contributed by atoms with van der Waals surface area (Å²) < 4.78 is 14.6. The first-order chi connectivity index (χ1) is 15.0. The van der Waals surface area contributed by atoms with Crippen LogP contribution in [-0.4, -0.2) is 26.1 Å². The van der Waals surface area contributed by atoms with Gasteiger partial charge in [0.05, 0.1) is 10.9 Å². The number of rotatable bonds is 7. The number of Topliss-reactive ketones (excluding diaryl/α,β-unsaturated/α-hetero) is 1. The van der Waals surface area contributed by atoms with E-state index in [2.05, 4.69) is 4.98 Å². The van der Waals surface area contributed by atoms with Crippen molar-refractivity contribution in [2.75, 3.05) is 5.75 Å². The summed E-state index contributed by atoms with van der Waals surface area (Å²) in [6.07, 6.45) is 2.59. The Bertz CT molecular complexity index is 1300. The Morgan fingerprint density at radius 1 is 1.06 bits per heavy atom. The van der Waals surface area contributed by atoms with Crippen molar-refractivity contribution in [3.63, 3.8) is 0 Å². The van der Waals surface area contributed by atoms with Crippen LogP contribution in [0.15, 0.2) is 76.8 Å². The summed E-state index contributed by atoms with van der Waals surface area (Å²) in [6.45, 7) is 1.90. The highest BCUT2D eigenvalue weighted by Crippen LogP contribution is 2.23. The van der Waals surface area contributed by atoms with Gasteiger partial charge in [0.1, 0.15) is 11.6 Å². The molecule has 2 heterocycles. The van der Waals surface area contributed by atoms with Crippen molar-refractivity contribution in [1.29, 1.82) is 0 Å². The van der Waals surface area contributed by atoms with E-state index < -0.39 is 0 Å². The number of aryl methyl sites for hydroxylation is 1. The molecule has 5 nitrogen and oxygen atoms in total. The average molecular weight is 434 g/mol. The van der Waals surface area contributed by atoms with Crippen molar-refractivity contribution in [2.45, 2.75) is 24.9 Å². The van der Waals surface area contributed by atoms with Gasteiger partial charge < -0.3 is 0 Å². The predicted octanol–water partition coefficient (Wildman–Crippen LogP) is 4.98. The molecule has 31 heavy (non-hydrogen) atoms. The van der Waals surface area contributed by atoms with Gasteiger partial charge in [-0.25, -0.2) is 18.9 Å². The van der Waals surface area contributed by atoms with Crippen LogP contribution in [0, 0.1) is 12.7 Å². The maximum atomic E-state index is 13.2. The van der Waals surface area contributed by atoms with Gasteiger partial charge in [0.2, 0.25) is 0 Å². The number of thioether (sulfide) groups is 1. The summed E-state index contributed by atoms with van der Waals surface area (Å²) >= 11 is 1.42. The first kappa shape index (κ1) is 20.9. The number of hydrogen-bond donors (Lipinski definition) is 0. The van der Waals surface area contributed by atoms with Gasteiger partial charge in [-0.1, -0.05) is 30.0 Å². The zero-order chi connectivity index (χ0) is 21.8. The van der Waals surface area contributed by atoms with Gasteiger partial charge in [-0.3, -0.25) is 9.59 Å². The van der Waals surface area contributed by atoms with E-state index in [0.717, 1.165) is 5.56 Å². The lowest BCUT2D eigenvalue weighted by atomic mass is 10.1. The van der Waals surface area contributed by atoms with Crippen LogP contribution < -0.4 is 5.56 Å². The van der Waals surface area contributed by atoms with Crippen LogP contribution in [0.1, 0.15) is 28.8 Å². The molecular weight excluding hydrogens is 413 g/mol. The average Bonchev–Trinajstić information content (AvgIpc) is 2.78. The van der Waals surface area contributed by atoms with Gasteiger partial charge >= 0.3 is 0 Å². The molecule has 2 aromatic heterocycles. The van der Waals surface area contributed by atoms with Gasteiger partial charge in [-0.15, -0.1) is 0 Å². The van der Waals surface area contributed by atoms with Crippen molar-refractivity contribution in [3.05, 3.63) is 94.2 Å². The van der Waals surface area contributed by atoms with Crippen LogP contribution in [0.3, 0.4) is 0 Å². The quantitative estimate of drug-likeness (QED) is 0.178. The van der Waals surface area contributed by atoms with Crippen LogP contribution in [0.2, 0.25) is 0 Å². The van der Waals surface area contributed by atoms with E-state index in [1.165, 1.54) is 36.0 Å². The molecule has 0 unspecified atom stereocenters. The fourth-order valence-electron chi connectivity index (χ4n) is 3.28. The highest BCUT2D eigenvalue weighted by molar-refractivity contribution is 7.99. The van der Waals surface area contributed by atoms with Gasteiger partial charge in [0.15, 0.2) is 10.9 Å². The van der Waals surface area contributed by atoms with Gasteiger partial charge in [-0.05, 0) is 61.4 Å². The van der Waals surface area contributed by atoms with Crippen LogP contribution >= 0.6 is 11.8 Å². The maximum Gasteiger partial charge on any atom is 0.267 e. The Balaban J connectivity index is 1.57. The Labute approximate surface area is 183 Å². The number of benzene rings is 2. The maximum absolute atomic E-state index is 13.2. The third-order valence-electron chi connectivity index (χ3n) is 4.88. The molecular formula is C24H20FN3O2S. The summed E-state index contributed by atoms with van der Waals surface area (Å²) in [5.41, 5.74) is 1.82. The lowest BCUT2D eigenvalue weighted by molar-refractivity contribution is 0.0982. The molecule has 0 saturated carbocycles. The smallest absolute Gasteiger partial charge is 0.267 e. The molecule has 0 bridgehead atoms. The minimum Gasteiger partial charge on any atom is -0.294 e. The molecule has 4 aromatic rings. The van der Waals surface area contributed by atoms with E-state index in [1.807, 2.05) is 37.3 Å². The Morgan fingerprint density at radius 2 is 1.84 bits per heavy atom. The van der Waals surface area contributed by atoms with Gasteiger partial charge in [0, 0.05) is 23.9 Å². The van der Waals surface area contributed by atoms with Crippen molar-refractivity contribution < 1.29 is 9.18 Å². The monoisotopic (exact) mass is 433 g/mol. The standard InChI is InChI=1S/C24H20FN3O2S/c1-16-6-4-14-26-22(16)28-23(30)19-7-2-3-8-20(19)27-24(28)31-15-5-9-21(29)17-10-12-18(25)13-11-17/h2-4,6-8,10-14H,5,9,15H2,1H3. The SMILES string of the molecule is Cc1cccnc1-n1c(SCCCC(=O)c2ccc(F)cc2)nc2ccccc2c1=O. The van der Waals surface area contributed by atoms with Gasteiger partial charge in [0.25, 0.3) is 5.56 Å². The second-order valence-electron chi connectivity index (χ2n) is 7.08. The number of halogens is 1. The van der Waals surface area contributed by atoms with E-state index in [9.17, 15) is 14.0 Å². The summed E-state index contributed by atoms with van der Waals surface area (Å²) in [7, 11) is 0. The Hall–Kier alpha value is -3.32. The fraction of sp³-hybridized carbons (Fsp3) is 0.167. The van der Waals surface area contributed by atoms with Crippen LogP contribution in [-0.2, 0) is 0 Å². The van der Waals surface area contributed by atoms with E-state index in [1.54, 1.807) is 16.8 Å². The van der Waals surface area contributed by atoms with E-state index in [4.69, 9.17) is 4.98 Å². The number of fused-ring (bicyclic) bond motifs is 1. The fourth-order valence-corrected chi connectivity index (χ4v) is 4.22. The summed E-state index contributed by atoms with van der Waals surface area (Å²) in [4.78, 5) is 34.7. The molecule has 0 aliphatic carbocycles. The third-order valence-corrected chi connectivity index (χ3v) is 5.91. The lowest BCUT2D eigenvalue weighted by Crippen LogP contribution is -2.23. The molecule has 0 atom stereocenters. The number of aromatic nitrogens is 3. The molecule has 0 aliphatic rings. The Kier molecular flexibility index (Phi) is 6.23. The third kappa shape index (κ3) is 4.56. The number of pyridine rings is 1. The topological polar surface area (TPSA) is 64.8 Å². The highest BCUT2D eigenvalue weighted by Gasteiger charge is 2.16. The number of carbonyl (C=O) groups excluding carboxylic acids is 1. The minimum atomic E-state index is -0.364. The molecule has 2 aromatic carbocycles. The summed E-state index contributed by atoms with van der Waals surface area (Å²) in [6, 6.07) is 16.5. The van der Waals surface area contributed by atoms with Crippen LogP contribution in [0.5, 0.6) is 0 Å². The second-order valence-corrected chi connectivity index (χ2v) is 8.14. The molecule has 0 aliphatic heterocycles. The van der Waals surface area contributed by atoms with E-state index in [0.29, 0.717) is 46.0 Å². The molecule has 0 N–H and O–H groups in total. The second kappa shape index (κ2) is 9.22. The number of carbonyl (C=O) groups is 1. The first-order valence-electron chi connectivity index (χ1n) is 9.90. The van der Waals surface area contributed by atoms with Crippen molar-refractivity contribution in [3.8, 4) is 5.82 Å². The van der Waals surface area contributed by atoms with Crippen molar-refractivity contribution in [1.82, 2.24) is 14.5 Å². The largest absolute Gasteiger partial charge is 0.294 e. The molecule has 0 radical (unpaired) electrons. The zero-order valence-corrected chi connectivity index (χ0v) is 17.7. The molecule has 156 valence electrons.